The van der Waals surface area contributed by atoms with Gasteiger partial charge >= 0.3 is 6.18 Å². The zero-order chi connectivity index (χ0) is 22.5. The van der Waals surface area contributed by atoms with Gasteiger partial charge in [0.25, 0.3) is 5.91 Å². The molecule has 0 bridgehead atoms. The standard InChI is InChI=1S/C24H23F3N4O/c1-14-4-5-16(23(32)29-18-7-8-18)12-20(14)15-6-9-19-17(11-15)13-28-30-22(19)31-10-2-3-21(31)24(25,26)27/h4-6,9,11-13,18,21H,2-3,7-8,10H2,1H3,(H,29,32)/t21-/m0/s1. The Labute approximate surface area is 183 Å². The number of halogens is 3. The van der Waals surface area contributed by atoms with Crippen molar-refractivity contribution in [1.82, 2.24) is 15.5 Å². The third kappa shape index (κ3) is 3.89. The van der Waals surface area contributed by atoms with Gasteiger partial charge in [0, 0.05) is 28.9 Å². The van der Waals surface area contributed by atoms with Crippen molar-refractivity contribution < 1.29 is 18.0 Å². The van der Waals surface area contributed by atoms with Crippen LogP contribution < -0.4 is 10.2 Å². The predicted molar refractivity (Wildman–Crippen MR) is 117 cm³/mol. The zero-order valence-electron chi connectivity index (χ0n) is 17.6. The zero-order valence-corrected chi connectivity index (χ0v) is 17.6. The third-order valence-corrected chi connectivity index (χ3v) is 6.27. The molecule has 2 aliphatic rings. The fourth-order valence-corrected chi connectivity index (χ4v) is 4.38. The largest absolute Gasteiger partial charge is 0.408 e. The third-order valence-electron chi connectivity index (χ3n) is 6.27. The number of hydrogen-bond donors (Lipinski definition) is 1. The van der Waals surface area contributed by atoms with Crippen LogP contribution in [-0.2, 0) is 0 Å². The number of aromatic nitrogens is 2. The lowest BCUT2D eigenvalue weighted by atomic mass is 9.96. The fourth-order valence-electron chi connectivity index (χ4n) is 4.38. The van der Waals surface area contributed by atoms with Crippen molar-refractivity contribution in [3.05, 3.63) is 53.7 Å². The second kappa shape index (κ2) is 7.76. The van der Waals surface area contributed by atoms with Gasteiger partial charge in [-0.15, -0.1) is 5.10 Å². The van der Waals surface area contributed by atoms with Gasteiger partial charge in [0.05, 0.1) is 6.20 Å². The van der Waals surface area contributed by atoms with Crippen LogP contribution in [0.25, 0.3) is 21.9 Å². The van der Waals surface area contributed by atoms with Crippen molar-refractivity contribution in [1.29, 1.82) is 0 Å². The average molecular weight is 440 g/mol. The molecule has 166 valence electrons. The van der Waals surface area contributed by atoms with Crippen molar-refractivity contribution in [2.45, 2.75) is 50.9 Å². The van der Waals surface area contributed by atoms with Crippen molar-refractivity contribution in [2.24, 2.45) is 0 Å². The lowest BCUT2D eigenvalue weighted by molar-refractivity contribution is -0.146. The molecule has 2 aromatic carbocycles. The van der Waals surface area contributed by atoms with E-state index >= 15 is 0 Å². The summed E-state index contributed by atoms with van der Waals surface area (Å²) in [6.45, 7) is 2.27. The topological polar surface area (TPSA) is 58.1 Å². The molecule has 1 atom stereocenters. The van der Waals surface area contributed by atoms with E-state index in [9.17, 15) is 18.0 Å². The molecule has 1 aliphatic carbocycles. The highest BCUT2D eigenvalue weighted by atomic mass is 19.4. The van der Waals surface area contributed by atoms with Crippen molar-refractivity contribution in [3.63, 3.8) is 0 Å². The summed E-state index contributed by atoms with van der Waals surface area (Å²) in [5.74, 6) is 0.179. The van der Waals surface area contributed by atoms with Crippen LogP contribution in [0.5, 0.6) is 0 Å². The van der Waals surface area contributed by atoms with Crippen LogP contribution in [0.4, 0.5) is 19.0 Å². The molecule has 2 fully saturated rings. The van der Waals surface area contributed by atoms with Crippen LogP contribution in [0.1, 0.15) is 41.6 Å². The van der Waals surface area contributed by atoms with Gasteiger partial charge in [-0.3, -0.25) is 4.79 Å². The molecular formula is C24H23F3N4O. The Balaban J connectivity index is 1.52. The summed E-state index contributed by atoms with van der Waals surface area (Å²) in [5, 5.41) is 12.4. The number of anilines is 1. The van der Waals surface area contributed by atoms with E-state index < -0.39 is 12.2 Å². The van der Waals surface area contributed by atoms with E-state index in [4.69, 9.17) is 0 Å². The van der Waals surface area contributed by atoms with E-state index in [1.165, 1.54) is 4.90 Å². The Bertz CT molecular complexity index is 1190. The first-order valence-electron chi connectivity index (χ1n) is 10.8. The van der Waals surface area contributed by atoms with Gasteiger partial charge in [0.2, 0.25) is 0 Å². The molecule has 1 saturated heterocycles. The van der Waals surface area contributed by atoms with Gasteiger partial charge < -0.3 is 10.2 Å². The SMILES string of the molecule is Cc1ccc(C(=O)NC2CC2)cc1-c1ccc2c(N3CCC[C@H]3C(F)(F)F)nncc2c1. The maximum absolute atomic E-state index is 13.5. The molecule has 0 unspecified atom stereocenters. The second-order valence-electron chi connectivity index (χ2n) is 8.64. The van der Waals surface area contributed by atoms with E-state index in [2.05, 4.69) is 15.5 Å². The average Bonchev–Trinajstić information content (AvgIpc) is 3.43. The molecule has 3 aromatic rings. The Kier molecular flexibility index (Phi) is 5.03. The minimum Gasteiger partial charge on any atom is -0.349 e. The van der Waals surface area contributed by atoms with Gasteiger partial charge in [0.15, 0.2) is 5.82 Å². The number of carbonyl (C=O) groups is 1. The molecule has 1 aliphatic heterocycles. The highest BCUT2D eigenvalue weighted by Gasteiger charge is 2.46. The van der Waals surface area contributed by atoms with Crippen LogP contribution in [0.2, 0.25) is 0 Å². The Morgan fingerprint density at radius 3 is 2.69 bits per heavy atom. The van der Waals surface area contributed by atoms with Crippen molar-refractivity contribution in [2.75, 3.05) is 11.4 Å². The normalized spacial score (nSPS) is 18.9. The fraction of sp³-hybridized carbons (Fsp3) is 0.375. The number of benzene rings is 2. The van der Waals surface area contributed by atoms with Gasteiger partial charge in [0.1, 0.15) is 6.04 Å². The highest BCUT2D eigenvalue weighted by Crippen LogP contribution is 2.38. The van der Waals surface area contributed by atoms with Crippen LogP contribution in [0.15, 0.2) is 42.6 Å². The molecule has 5 nitrogen and oxygen atoms in total. The van der Waals surface area contributed by atoms with Crippen molar-refractivity contribution >= 4 is 22.5 Å². The number of alkyl halides is 3. The Morgan fingerprint density at radius 1 is 1.12 bits per heavy atom. The number of amides is 1. The number of rotatable bonds is 4. The number of nitrogens with one attached hydrogen (secondary N) is 1. The minimum atomic E-state index is -4.31. The molecule has 32 heavy (non-hydrogen) atoms. The summed E-state index contributed by atoms with van der Waals surface area (Å²) < 4.78 is 40.5. The van der Waals surface area contributed by atoms with E-state index in [0.29, 0.717) is 29.3 Å². The van der Waals surface area contributed by atoms with Gasteiger partial charge in [-0.05, 0) is 73.6 Å². The first-order valence-corrected chi connectivity index (χ1v) is 10.8. The molecule has 2 heterocycles. The van der Waals surface area contributed by atoms with E-state index in [1.54, 1.807) is 12.3 Å². The second-order valence-corrected chi connectivity index (χ2v) is 8.64. The van der Waals surface area contributed by atoms with E-state index in [1.807, 2.05) is 37.3 Å². The molecule has 1 N–H and O–H groups in total. The van der Waals surface area contributed by atoms with Gasteiger partial charge in [-0.2, -0.15) is 18.3 Å². The number of fused-ring (bicyclic) bond motifs is 1. The maximum atomic E-state index is 13.5. The quantitative estimate of drug-likeness (QED) is 0.618. The molecule has 5 rings (SSSR count). The smallest absolute Gasteiger partial charge is 0.349 e. The van der Waals surface area contributed by atoms with Gasteiger partial charge in [-0.25, -0.2) is 0 Å². The van der Waals surface area contributed by atoms with Crippen LogP contribution in [0, 0.1) is 6.92 Å². The van der Waals surface area contributed by atoms with Gasteiger partial charge in [-0.1, -0.05) is 12.1 Å². The summed E-state index contributed by atoms with van der Waals surface area (Å²) in [6, 6.07) is 9.90. The lowest BCUT2D eigenvalue weighted by Crippen LogP contribution is -2.41. The molecule has 1 amide bonds. The Morgan fingerprint density at radius 2 is 1.94 bits per heavy atom. The first-order chi connectivity index (χ1) is 15.3. The molecule has 1 saturated carbocycles. The molecule has 8 heteroatoms. The van der Waals surface area contributed by atoms with Crippen molar-refractivity contribution in [3.8, 4) is 11.1 Å². The molecule has 0 spiro atoms. The first kappa shape index (κ1) is 20.7. The summed E-state index contributed by atoms with van der Waals surface area (Å²) >= 11 is 0. The van der Waals surface area contributed by atoms with E-state index in [-0.39, 0.29) is 24.2 Å². The predicted octanol–water partition coefficient (Wildman–Crippen LogP) is 5.03. The monoisotopic (exact) mass is 440 g/mol. The van der Waals surface area contributed by atoms with Crippen LogP contribution in [0.3, 0.4) is 0 Å². The number of carbonyl (C=O) groups excluding carboxylic acids is 1. The summed E-state index contributed by atoms with van der Waals surface area (Å²) in [7, 11) is 0. The molecular weight excluding hydrogens is 417 g/mol. The minimum absolute atomic E-state index is 0.0640. The van der Waals surface area contributed by atoms with Crippen LogP contribution >= 0.6 is 0 Å². The summed E-state index contributed by atoms with van der Waals surface area (Å²) in [5.41, 5.74) is 3.38. The Hall–Kier alpha value is -3.16. The number of aryl methyl sites for hydroxylation is 1. The highest BCUT2D eigenvalue weighted by molar-refractivity contribution is 5.98. The molecule has 1 aromatic heterocycles. The van der Waals surface area contributed by atoms with E-state index in [0.717, 1.165) is 29.5 Å². The molecule has 0 radical (unpaired) electrons. The lowest BCUT2D eigenvalue weighted by Gasteiger charge is -2.28. The maximum Gasteiger partial charge on any atom is 0.408 e. The number of hydrogen-bond acceptors (Lipinski definition) is 4. The summed E-state index contributed by atoms with van der Waals surface area (Å²) in [6.07, 6.45) is -0.169. The van der Waals surface area contributed by atoms with Crippen LogP contribution in [-0.4, -0.2) is 40.9 Å². The number of nitrogens with zero attached hydrogens (tertiary/aromatic N) is 3. The summed E-state index contributed by atoms with van der Waals surface area (Å²) in [4.78, 5) is 13.8.